The molecule has 1 aliphatic heterocycles. The molecule has 152 valence electrons. The molecule has 0 aromatic heterocycles. The third-order valence-electron chi connectivity index (χ3n) is 5.28. The van der Waals surface area contributed by atoms with Gasteiger partial charge in [0.05, 0.1) is 5.56 Å². The summed E-state index contributed by atoms with van der Waals surface area (Å²) in [6.07, 6.45) is 0.858. The van der Waals surface area contributed by atoms with Gasteiger partial charge in [0.15, 0.2) is 0 Å². The fraction of sp³-hybridized carbons (Fsp3) is 0.167. The molecule has 6 nitrogen and oxygen atoms in total. The number of primary amides is 1. The van der Waals surface area contributed by atoms with Crippen LogP contribution in [0.15, 0.2) is 66.7 Å². The first-order chi connectivity index (χ1) is 14.5. The Hall–Kier alpha value is -3.80. The van der Waals surface area contributed by atoms with Crippen LogP contribution in [-0.4, -0.2) is 23.4 Å². The lowest BCUT2D eigenvalue weighted by atomic mass is 9.96. The number of benzene rings is 3. The minimum absolute atomic E-state index is 0.128. The van der Waals surface area contributed by atoms with E-state index in [4.69, 9.17) is 10.5 Å². The highest BCUT2D eigenvalue weighted by atomic mass is 16.5. The Kier molecular flexibility index (Phi) is 5.39. The molecular formula is C24H23N3O3. The maximum absolute atomic E-state index is 12.7. The van der Waals surface area contributed by atoms with Crippen molar-refractivity contribution in [2.45, 2.75) is 19.9 Å². The fourth-order valence-electron chi connectivity index (χ4n) is 3.62. The zero-order valence-electron chi connectivity index (χ0n) is 16.7. The zero-order chi connectivity index (χ0) is 21.1. The largest absolute Gasteiger partial charge is 0.457 e. The van der Waals surface area contributed by atoms with Crippen LogP contribution in [0.1, 0.15) is 27.0 Å². The molecule has 3 N–H and O–H groups in total. The molecular weight excluding hydrogens is 378 g/mol. The molecule has 4 rings (SSSR count). The predicted molar refractivity (Wildman–Crippen MR) is 116 cm³/mol. The maximum atomic E-state index is 12.7. The van der Waals surface area contributed by atoms with Gasteiger partial charge >= 0.3 is 6.03 Å². The lowest BCUT2D eigenvalue weighted by molar-refractivity contribution is 0.0998. The molecule has 30 heavy (non-hydrogen) atoms. The van der Waals surface area contributed by atoms with Crippen molar-refractivity contribution in [1.29, 1.82) is 0 Å². The summed E-state index contributed by atoms with van der Waals surface area (Å²) in [6.45, 7) is 3.38. The first kappa shape index (κ1) is 19.5. The molecule has 3 aromatic rings. The molecule has 0 saturated carbocycles. The fourth-order valence-corrected chi connectivity index (χ4v) is 3.62. The van der Waals surface area contributed by atoms with Crippen LogP contribution in [-0.2, 0) is 13.0 Å². The lowest BCUT2D eigenvalue weighted by Crippen LogP contribution is -2.39. The number of carbonyl (C=O) groups excluding carboxylic acids is 2. The van der Waals surface area contributed by atoms with Crippen molar-refractivity contribution >= 4 is 17.6 Å². The highest BCUT2D eigenvalue weighted by Crippen LogP contribution is 2.27. The van der Waals surface area contributed by atoms with Gasteiger partial charge in [0.25, 0.3) is 5.91 Å². The number of hydrogen-bond donors (Lipinski definition) is 2. The Morgan fingerprint density at radius 3 is 2.53 bits per heavy atom. The van der Waals surface area contributed by atoms with Gasteiger partial charge in [-0.05, 0) is 66.4 Å². The molecule has 1 aliphatic rings. The van der Waals surface area contributed by atoms with Crippen molar-refractivity contribution in [1.82, 2.24) is 4.90 Å². The van der Waals surface area contributed by atoms with Crippen molar-refractivity contribution in [3.05, 3.63) is 89.0 Å². The predicted octanol–water partition coefficient (Wildman–Crippen LogP) is 4.48. The minimum atomic E-state index is -0.548. The third kappa shape index (κ3) is 4.12. The zero-order valence-corrected chi connectivity index (χ0v) is 16.7. The smallest absolute Gasteiger partial charge is 0.322 e. The number of aryl methyl sites for hydroxylation is 1. The monoisotopic (exact) mass is 401 g/mol. The van der Waals surface area contributed by atoms with Crippen molar-refractivity contribution in [3.8, 4) is 11.5 Å². The number of urea groups is 1. The summed E-state index contributed by atoms with van der Waals surface area (Å²) in [7, 11) is 0. The molecule has 1 heterocycles. The summed E-state index contributed by atoms with van der Waals surface area (Å²) in [6, 6.07) is 20.0. The number of rotatable bonds is 4. The summed E-state index contributed by atoms with van der Waals surface area (Å²) in [4.78, 5) is 26.1. The van der Waals surface area contributed by atoms with Gasteiger partial charge in [-0.2, -0.15) is 0 Å². The topological polar surface area (TPSA) is 84.7 Å². The number of carbonyl (C=O) groups is 2. The van der Waals surface area contributed by atoms with Gasteiger partial charge in [0.1, 0.15) is 11.5 Å². The Morgan fingerprint density at radius 1 is 1.00 bits per heavy atom. The summed E-state index contributed by atoms with van der Waals surface area (Å²) < 4.78 is 5.78. The van der Waals surface area contributed by atoms with Gasteiger partial charge in [-0.15, -0.1) is 0 Å². The van der Waals surface area contributed by atoms with Crippen molar-refractivity contribution in [2.75, 3.05) is 11.9 Å². The lowest BCUT2D eigenvalue weighted by Gasteiger charge is -2.30. The Bertz CT molecular complexity index is 1090. The van der Waals surface area contributed by atoms with E-state index >= 15 is 0 Å². The average Bonchev–Trinajstić information content (AvgIpc) is 2.75. The number of amides is 3. The van der Waals surface area contributed by atoms with Crippen molar-refractivity contribution in [2.24, 2.45) is 5.73 Å². The van der Waals surface area contributed by atoms with E-state index in [2.05, 4.69) is 30.4 Å². The number of anilines is 1. The molecule has 0 aliphatic carbocycles. The van der Waals surface area contributed by atoms with Crippen LogP contribution in [0, 0.1) is 6.92 Å². The van der Waals surface area contributed by atoms with Gasteiger partial charge < -0.3 is 20.7 Å². The van der Waals surface area contributed by atoms with E-state index in [0.717, 1.165) is 6.42 Å². The highest BCUT2D eigenvalue weighted by Gasteiger charge is 2.21. The van der Waals surface area contributed by atoms with Crippen LogP contribution in [0.3, 0.4) is 0 Å². The summed E-state index contributed by atoms with van der Waals surface area (Å²) in [5.74, 6) is 0.390. The summed E-state index contributed by atoms with van der Waals surface area (Å²) in [5.41, 5.74) is 10.1. The van der Waals surface area contributed by atoms with Crippen molar-refractivity contribution in [3.63, 3.8) is 0 Å². The molecule has 0 radical (unpaired) electrons. The number of hydrogen-bond acceptors (Lipinski definition) is 3. The molecule has 0 spiro atoms. The van der Waals surface area contributed by atoms with E-state index in [1.165, 1.54) is 16.7 Å². The highest BCUT2D eigenvalue weighted by molar-refractivity contribution is 5.95. The second-order valence-corrected chi connectivity index (χ2v) is 7.30. The van der Waals surface area contributed by atoms with E-state index in [0.29, 0.717) is 35.8 Å². The van der Waals surface area contributed by atoms with E-state index in [1.807, 2.05) is 4.90 Å². The second-order valence-electron chi connectivity index (χ2n) is 7.30. The molecule has 0 unspecified atom stereocenters. The van der Waals surface area contributed by atoms with Crippen LogP contribution < -0.4 is 15.8 Å². The van der Waals surface area contributed by atoms with E-state index in [-0.39, 0.29) is 6.03 Å². The Labute approximate surface area is 175 Å². The SMILES string of the molecule is Cc1cccc2c1CN(C(=O)Nc1ccc(Oc3ccccc3C(N)=O)cc1)CC2. The van der Waals surface area contributed by atoms with Crippen LogP contribution in [0.5, 0.6) is 11.5 Å². The normalized spacial score (nSPS) is 12.8. The Morgan fingerprint density at radius 2 is 1.77 bits per heavy atom. The van der Waals surface area contributed by atoms with Gasteiger partial charge in [-0.3, -0.25) is 4.79 Å². The number of nitrogens with two attached hydrogens (primary N) is 1. The molecule has 0 bridgehead atoms. The van der Waals surface area contributed by atoms with Crippen molar-refractivity contribution < 1.29 is 14.3 Å². The Balaban J connectivity index is 1.41. The van der Waals surface area contributed by atoms with Gasteiger partial charge in [0, 0.05) is 18.8 Å². The third-order valence-corrected chi connectivity index (χ3v) is 5.28. The summed E-state index contributed by atoms with van der Waals surface area (Å²) in [5, 5.41) is 2.94. The van der Waals surface area contributed by atoms with Gasteiger partial charge in [-0.1, -0.05) is 30.3 Å². The first-order valence-electron chi connectivity index (χ1n) is 9.81. The van der Waals surface area contributed by atoms with Crippen LogP contribution >= 0.6 is 0 Å². The summed E-state index contributed by atoms with van der Waals surface area (Å²) >= 11 is 0. The van der Waals surface area contributed by atoms with E-state index in [9.17, 15) is 9.59 Å². The van der Waals surface area contributed by atoms with Gasteiger partial charge in [-0.25, -0.2) is 4.79 Å². The molecule has 0 saturated heterocycles. The molecule has 3 amide bonds. The van der Waals surface area contributed by atoms with E-state index in [1.54, 1.807) is 48.5 Å². The maximum Gasteiger partial charge on any atom is 0.322 e. The standard InChI is InChI=1S/C24H23N3O3/c1-16-5-4-6-17-13-14-27(15-21(16)17)24(29)26-18-9-11-19(12-10-18)30-22-8-3-2-7-20(22)23(25)28/h2-12H,13-15H2,1H3,(H2,25,28)(H,26,29). The minimum Gasteiger partial charge on any atom is -0.457 e. The van der Waals surface area contributed by atoms with Crippen LogP contribution in [0.4, 0.5) is 10.5 Å². The van der Waals surface area contributed by atoms with E-state index < -0.39 is 5.91 Å². The molecule has 6 heteroatoms. The number of para-hydroxylation sites is 1. The number of fused-ring (bicyclic) bond motifs is 1. The molecule has 0 fully saturated rings. The van der Waals surface area contributed by atoms with Crippen LogP contribution in [0.25, 0.3) is 0 Å². The number of nitrogens with one attached hydrogen (secondary N) is 1. The first-order valence-corrected chi connectivity index (χ1v) is 9.81. The molecule has 0 atom stereocenters. The average molecular weight is 401 g/mol. The molecule has 3 aromatic carbocycles. The number of ether oxygens (including phenoxy) is 1. The number of nitrogens with zero attached hydrogens (tertiary/aromatic N) is 1. The van der Waals surface area contributed by atoms with Crippen LogP contribution in [0.2, 0.25) is 0 Å². The quantitative estimate of drug-likeness (QED) is 0.676. The second kappa shape index (κ2) is 8.29. The van der Waals surface area contributed by atoms with Gasteiger partial charge in [0.2, 0.25) is 0 Å².